The maximum atomic E-state index is 11.9. The molecule has 2 rings (SSSR count). The second-order valence-electron chi connectivity index (χ2n) is 4.04. The maximum Gasteiger partial charge on any atom is 0.200 e. The fourth-order valence-electron chi connectivity index (χ4n) is 1.57. The monoisotopic (exact) mass is 352 g/mol. The van der Waals surface area contributed by atoms with Crippen LogP contribution in [0.3, 0.4) is 0 Å². The SMILES string of the molecule is Cc1cccc(OCC(=O)c2ccc(I)cc2)c1. The lowest BCUT2D eigenvalue weighted by atomic mass is 10.1. The lowest BCUT2D eigenvalue weighted by molar-refractivity contribution is 0.0921. The van der Waals surface area contributed by atoms with Crippen molar-refractivity contribution in [3.63, 3.8) is 0 Å². The summed E-state index contributed by atoms with van der Waals surface area (Å²) in [6, 6.07) is 15.2. The molecular formula is C15H13IO2. The summed E-state index contributed by atoms with van der Waals surface area (Å²) in [5.74, 6) is 0.724. The van der Waals surface area contributed by atoms with E-state index in [2.05, 4.69) is 22.6 Å². The van der Waals surface area contributed by atoms with Gasteiger partial charge in [0.1, 0.15) is 5.75 Å². The van der Waals surface area contributed by atoms with Gasteiger partial charge in [0.05, 0.1) is 0 Å². The van der Waals surface area contributed by atoms with E-state index in [1.165, 1.54) is 0 Å². The minimum atomic E-state index is -0.00657. The molecule has 0 aliphatic rings. The lowest BCUT2D eigenvalue weighted by Gasteiger charge is -2.06. The van der Waals surface area contributed by atoms with E-state index in [9.17, 15) is 4.79 Å². The van der Waals surface area contributed by atoms with E-state index >= 15 is 0 Å². The van der Waals surface area contributed by atoms with E-state index in [-0.39, 0.29) is 12.4 Å². The van der Waals surface area contributed by atoms with Crippen LogP contribution >= 0.6 is 22.6 Å². The van der Waals surface area contributed by atoms with E-state index in [0.29, 0.717) is 5.56 Å². The van der Waals surface area contributed by atoms with Crippen LogP contribution in [0, 0.1) is 10.5 Å². The number of carbonyl (C=O) groups is 1. The van der Waals surface area contributed by atoms with Crippen LogP contribution in [0.4, 0.5) is 0 Å². The van der Waals surface area contributed by atoms with Crippen LogP contribution in [-0.4, -0.2) is 12.4 Å². The number of Topliss-reactive ketones (excluding diaryl/α,β-unsaturated/α-hetero) is 1. The topological polar surface area (TPSA) is 26.3 Å². The third kappa shape index (κ3) is 3.57. The highest BCUT2D eigenvalue weighted by Crippen LogP contribution is 2.13. The molecule has 0 heterocycles. The zero-order chi connectivity index (χ0) is 13.0. The highest BCUT2D eigenvalue weighted by atomic mass is 127. The standard InChI is InChI=1S/C15H13IO2/c1-11-3-2-4-14(9-11)18-10-15(17)12-5-7-13(16)8-6-12/h2-9H,10H2,1H3. The third-order valence-electron chi connectivity index (χ3n) is 2.53. The van der Waals surface area contributed by atoms with E-state index in [1.807, 2.05) is 55.5 Å². The van der Waals surface area contributed by atoms with Crippen LogP contribution in [0.5, 0.6) is 5.75 Å². The van der Waals surface area contributed by atoms with E-state index in [0.717, 1.165) is 14.9 Å². The number of ether oxygens (including phenoxy) is 1. The third-order valence-corrected chi connectivity index (χ3v) is 3.24. The maximum absolute atomic E-state index is 11.9. The van der Waals surface area contributed by atoms with Crippen LogP contribution in [0.2, 0.25) is 0 Å². The number of benzene rings is 2. The molecule has 2 aromatic carbocycles. The summed E-state index contributed by atoms with van der Waals surface area (Å²) in [5, 5.41) is 0. The molecule has 0 bridgehead atoms. The zero-order valence-electron chi connectivity index (χ0n) is 10.0. The molecule has 0 aliphatic carbocycles. The number of aryl methyl sites for hydroxylation is 1. The minimum Gasteiger partial charge on any atom is -0.485 e. The van der Waals surface area contributed by atoms with Crippen molar-refractivity contribution in [2.75, 3.05) is 6.61 Å². The molecule has 2 nitrogen and oxygen atoms in total. The van der Waals surface area contributed by atoms with E-state index < -0.39 is 0 Å². The number of ketones is 1. The van der Waals surface area contributed by atoms with Crippen molar-refractivity contribution >= 4 is 28.4 Å². The van der Waals surface area contributed by atoms with E-state index in [1.54, 1.807) is 0 Å². The second-order valence-corrected chi connectivity index (χ2v) is 5.28. The molecule has 18 heavy (non-hydrogen) atoms. The molecule has 0 aromatic heterocycles. The van der Waals surface area contributed by atoms with Crippen molar-refractivity contribution in [2.45, 2.75) is 6.92 Å². The molecule has 0 fully saturated rings. The number of hydrogen-bond donors (Lipinski definition) is 0. The van der Waals surface area contributed by atoms with Crippen molar-refractivity contribution in [1.29, 1.82) is 0 Å². The van der Waals surface area contributed by atoms with Crippen LogP contribution < -0.4 is 4.74 Å². The number of hydrogen-bond acceptors (Lipinski definition) is 2. The zero-order valence-corrected chi connectivity index (χ0v) is 12.2. The molecular weight excluding hydrogens is 339 g/mol. The Morgan fingerprint density at radius 1 is 1.17 bits per heavy atom. The summed E-state index contributed by atoms with van der Waals surface area (Å²) in [6.07, 6.45) is 0. The first-order valence-electron chi connectivity index (χ1n) is 5.63. The quantitative estimate of drug-likeness (QED) is 0.617. The van der Waals surface area contributed by atoms with Gasteiger partial charge in [0.25, 0.3) is 0 Å². The van der Waals surface area contributed by atoms with Crippen molar-refractivity contribution in [2.24, 2.45) is 0 Å². The molecule has 0 amide bonds. The first-order chi connectivity index (χ1) is 8.65. The summed E-state index contributed by atoms with van der Waals surface area (Å²) in [5.41, 5.74) is 1.80. The summed E-state index contributed by atoms with van der Waals surface area (Å²) in [6.45, 7) is 2.07. The van der Waals surface area contributed by atoms with Crippen molar-refractivity contribution < 1.29 is 9.53 Å². The van der Waals surface area contributed by atoms with Gasteiger partial charge >= 0.3 is 0 Å². The van der Waals surface area contributed by atoms with Gasteiger partial charge in [0.15, 0.2) is 12.4 Å². The van der Waals surface area contributed by atoms with Gasteiger partial charge in [0, 0.05) is 9.13 Å². The van der Waals surface area contributed by atoms with Crippen LogP contribution in [0.25, 0.3) is 0 Å². The molecule has 0 unspecified atom stereocenters. The van der Waals surface area contributed by atoms with Gasteiger partial charge in [-0.1, -0.05) is 24.3 Å². The average Bonchev–Trinajstić information content (AvgIpc) is 2.37. The molecule has 0 aliphatic heterocycles. The van der Waals surface area contributed by atoms with Gasteiger partial charge in [0.2, 0.25) is 0 Å². The number of rotatable bonds is 4. The molecule has 0 saturated carbocycles. The van der Waals surface area contributed by atoms with Gasteiger partial charge in [-0.05, 0) is 59.3 Å². The Hall–Kier alpha value is -1.36. The normalized spacial score (nSPS) is 10.1. The van der Waals surface area contributed by atoms with Gasteiger partial charge in [-0.15, -0.1) is 0 Å². The molecule has 0 saturated heterocycles. The predicted octanol–water partition coefficient (Wildman–Crippen LogP) is 3.86. The highest BCUT2D eigenvalue weighted by molar-refractivity contribution is 14.1. The van der Waals surface area contributed by atoms with Crippen molar-refractivity contribution in [3.05, 3.63) is 63.2 Å². The predicted molar refractivity (Wildman–Crippen MR) is 80.2 cm³/mol. The summed E-state index contributed by atoms with van der Waals surface area (Å²) >= 11 is 2.21. The Kier molecular flexibility index (Phi) is 4.36. The Bertz CT molecular complexity index is 547. The van der Waals surface area contributed by atoms with Crippen molar-refractivity contribution in [1.82, 2.24) is 0 Å². The Balaban J connectivity index is 1.98. The molecule has 92 valence electrons. The average molecular weight is 352 g/mol. The fourth-order valence-corrected chi connectivity index (χ4v) is 1.93. The van der Waals surface area contributed by atoms with Gasteiger partial charge in [-0.25, -0.2) is 0 Å². The molecule has 0 N–H and O–H groups in total. The Labute approximate surface area is 120 Å². The summed E-state index contributed by atoms with van der Waals surface area (Å²) < 4.78 is 6.60. The Morgan fingerprint density at radius 2 is 1.89 bits per heavy atom. The number of halogens is 1. The van der Waals surface area contributed by atoms with Crippen LogP contribution in [0.15, 0.2) is 48.5 Å². The Morgan fingerprint density at radius 3 is 2.56 bits per heavy atom. The largest absolute Gasteiger partial charge is 0.485 e. The molecule has 2 aromatic rings. The fraction of sp³-hybridized carbons (Fsp3) is 0.133. The lowest BCUT2D eigenvalue weighted by Crippen LogP contribution is -2.11. The smallest absolute Gasteiger partial charge is 0.200 e. The second kappa shape index (κ2) is 6.00. The first kappa shape index (κ1) is 13.1. The minimum absolute atomic E-state index is 0.00657. The van der Waals surface area contributed by atoms with Gasteiger partial charge in [-0.3, -0.25) is 4.79 Å². The molecule has 0 spiro atoms. The van der Waals surface area contributed by atoms with E-state index in [4.69, 9.17) is 4.74 Å². The van der Waals surface area contributed by atoms with Gasteiger partial charge < -0.3 is 4.74 Å². The summed E-state index contributed by atoms with van der Waals surface area (Å²) in [7, 11) is 0. The number of carbonyl (C=O) groups excluding carboxylic acids is 1. The van der Waals surface area contributed by atoms with Crippen molar-refractivity contribution in [3.8, 4) is 5.75 Å². The van der Waals surface area contributed by atoms with Crippen LogP contribution in [0.1, 0.15) is 15.9 Å². The highest BCUT2D eigenvalue weighted by Gasteiger charge is 2.06. The summed E-state index contributed by atoms with van der Waals surface area (Å²) in [4.78, 5) is 11.9. The molecule has 0 atom stereocenters. The molecule has 3 heteroatoms. The van der Waals surface area contributed by atoms with Crippen LogP contribution in [-0.2, 0) is 0 Å². The molecule has 0 radical (unpaired) electrons. The first-order valence-corrected chi connectivity index (χ1v) is 6.71. The van der Waals surface area contributed by atoms with Gasteiger partial charge in [-0.2, -0.15) is 0 Å².